The predicted molar refractivity (Wildman–Crippen MR) is 64.3 cm³/mol. The molecule has 1 N–H and O–H groups in total. The molecule has 78 valence electrons. The van der Waals surface area contributed by atoms with Crippen molar-refractivity contribution in [2.45, 2.75) is 25.4 Å². The number of rotatable bonds is 3. The summed E-state index contributed by atoms with van der Waals surface area (Å²) < 4.78 is 0. The summed E-state index contributed by atoms with van der Waals surface area (Å²) in [6.45, 7) is 4.03. The molecule has 0 saturated carbocycles. The quantitative estimate of drug-likeness (QED) is 0.840. The van der Waals surface area contributed by atoms with Crippen molar-refractivity contribution >= 4 is 27.5 Å². The molecule has 0 fully saturated rings. The smallest absolute Gasteiger partial charge is 0.0728 e. The molecule has 0 radical (unpaired) electrons. The van der Waals surface area contributed by atoms with Crippen LogP contribution in [0, 0.1) is 0 Å². The Kier molecular flexibility index (Phi) is 3.99. The molecule has 1 unspecified atom stereocenters. The number of alkyl halides is 1. The lowest BCUT2D eigenvalue weighted by molar-refractivity contribution is 0.123. The maximum atomic E-state index is 9.83. The fourth-order valence-corrected chi connectivity index (χ4v) is 2.20. The second kappa shape index (κ2) is 4.65. The Morgan fingerprint density at radius 2 is 1.86 bits per heavy atom. The van der Waals surface area contributed by atoms with Crippen LogP contribution in [0.25, 0.3) is 0 Å². The molecule has 0 bridgehead atoms. The van der Waals surface area contributed by atoms with Gasteiger partial charge >= 0.3 is 0 Å². The highest BCUT2D eigenvalue weighted by Gasteiger charge is 2.28. The van der Waals surface area contributed by atoms with Crippen molar-refractivity contribution in [3.8, 4) is 0 Å². The summed E-state index contributed by atoms with van der Waals surface area (Å²) in [5, 5.41) is 11.1. The van der Waals surface area contributed by atoms with E-state index in [1.165, 1.54) is 0 Å². The third kappa shape index (κ3) is 2.50. The minimum atomic E-state index is -0.399. The third-order valence-electron chi connectivity index (χ3n) is 2.57. The van der Waals surface area contributed by atoms with Crippen LogP contribution in [0.5, 0.6) is 0 Å². The highest BCUT2D eigenvalue weighted by atomic mass is 79.9. The Bertz CT molecular complexity index is 295. The first-order valence-corrected chi connectivity index (χ1v) is 5.98. The second-order valence-corrected chi connectivity index (χ2v) is 4.98. The normalized spacial score (nSPS) is 14.1. The minimum Gasteiger partial charge on any atom is -0.391 e. The zero-order valence-electron chi connectivity index (χ0n) is 8.30. The number of benzene rings is 1. The number of hydrogen-bond acceptors (Lipinski definition) is 1. The SMILES string of the molecule is CC(C)(c1ccc(Cl)cc1)C(O)CBr. The van der Waals surface area contributed by atoms with E-state index in [0.717, 1.165) is 10.6 Å². The van der Waals surface area contributed by atoms with E-state index in [1.807, 2.05) is 38.1 Å². The minimum absolute atomic E-state index is 0.256. The zero-order valence-corrected chi connectivity index (χ0v) is 10.6. The van der Waals surface area contributed by atoms with E-state index in [1.54, 1.807) is 0 Å². The topological polar surface area (TPSA) is 20.2 Å². The van der Waals surface area contributed by atoms with Crippen LogP contribution in [0.15, 0.2) is 24.3 Å². The lowest BCUT2D eigenvalue weighted by atomic mass is 9.80. The van der Waals surface area contributed by atoms with Crippen molar-refractivity contribution < 1.29 is 5.11 Å². The van der Waals surface area contributed by atoms with Crippen LogP contribution in [0.4, 0.5) is 0 Å². The van der Waals surface area contributed by atoms with Crippen LogP contribution >= 0.6 is 27.5 Å². The van der Waals surface area contributed by atoms with Crippen LogP contribution in [0.1, 0.15) is 19.4 Å². The largest absolute Gasteiger partial charge is 0.391 e. The van der Waals surface area contributed by atoms with Crippen molar-refractivity contribution in [1.29, 1.82) is 0 Å². The summed E-state index contributed by atoms with van der Waals surface area (Å²) in [6, 6.07) is 7.60. The van der Waals surface area contributed by atoms with Gasteiger partial charge in [0.2, 0.25) is 0 Å². The van der Waals surface area contributed by atoms with E-state index in [9.17, 15) is 5.11 Å². The molecule has 3 heteroatoms. The Balaban J connectivity index is 2.97. The Morgan fingerprint density at radius 3 is 2.29 bits per heavy atom. The van der Waals surface area contributed by atoms with Gasteiger partial charge in [-0.25, -0.2) is 0 Å². The molecule has 14 heavy (non-hydrogen) atoms. The van der Waals surface area contributed by atoms with E-state index in [4.69, 9.17) is 11.6 Å². The van der Waals surface area contributed by atoms with Crippen molar-refractivity contribution in [2.75, 3.05) is 5.33 Å². The first-order chi connectivity index (χ1) is 6.48. The maximum Gasteiger partial charge on any atom is 0.0728 e. The summed E-state index contributed by atoms with van der Waals surface area (Å²) in [7, 11) is 0. The summed E-state index contributed by atoms with van der Waals surface area (Å²) >= 11 is 9.09. The Morgan fingerprint density at radius 1 is 1.36 bits per heavy atom. The van der Waals surface area contributed by atoms with Gasteiger partial charge in [-0.15, -0.1) is 0 Å². The molecular weight excluding hydrogens is 263 g/mol. The fourth-order valence-electron chi connectivity index (χ4n) is 1.26. The van der Waals surface area contributed by atoms with Gasteiger partial charge in [0.05, 0.1) is 6.10 Å². The highest BCUT2D eigenvalue weighted by Crippen LogP contribution is 2.28. The second-order valence-electron chi connectivity index (χ2n) is 3.90. The lowest BCUT2D eigenvalue weighted by Crippen LogP contribution is -2.34. The van der Waals surface area contributed by atoms with E-state index >= 15 is 0 Å². The molecule has 0 saturated heterocycles. The molecule has 1 aromatic rings. The summed E-state index contributed by atoms with van der Waals surface area (Å²) in [6.07, 6.45) is -0.399. The molecule has 1 aromatic carbocycles. The van der Waals surface area contributed by atoms with Crippen LogP contribution in [0.2, 0.25) is 5.02 Å². The third-order valence-corrected chi connectivity index (χ3v) is 3.43. The van der Waals surface area contributed by atoms with Crippen LogP contribution in [-0.4, -0.2) is 16.5 Å². The molecule has 1 atom stereocenters. The molecule has 0 amide bonds. The standard InChI is InChI=1S/C11H14BrClO/c1-11(2,10(14)7-12)8-3-5-9(13)6-4-8/h3-6,10,14H,7H2,1-2H3. The van der Waals surface area contributed by atoms with Crippen molar-refractivity contribution in [2.24, 2.45) is 0 Å². The molecule has 1 nitrogen and oxygen atoms in total. The molecule has 0 aromatic heterocycles. The predicted octanol–water partition coefficient (Wildman–Crippen LogP) is 3.37. The van der Waals surface area contributed by atoms with Gasteiger partial charge in [0.1, 0.15) is 0 Å². The average Bonchev–Trinajstić information content (AvgIpc) is 2.17. The molecule has 0 aliphatic heterocycles. The van der Waals surface area contributed by atoms with Gasteiger partial charge in [0.15, 0.2) is 0 Å². The number of halogens is 2. The van der Waals surface area contributed by atoms with Crippen molar-refractivity contribution in [3.05, 3.63) is 34.9 Å². The van der Waals surface area contributed by atoms with E-state index in [-0.39, 0.29) is 5.41 Å². The summed E-state index contributed by atoms with van der Waals surface area (Å²) in [5.74, 6) is 0. The monoisotopic (exact) mass is 276 g/mol. The maximum absolute atomic E-state index is 9.83. The van der Waals surface area contributed by atoms with Crippen LogP contribution in [-0.2, 0) is 5.41 Å². The number of aliphatic hydroxyl groups excluding tert-OH is 1. The lowest BCUT2D eigenvalue weighted by Gasteiger charge is -2.30. The van der Waals surface area contributed by atoms with Gasteiger partial charge in [-0.05, 0) is 17.7 Å². The van der Waals surface area contributed by atoms with Gasteiger partial charge in [-0.1, -0.05) is 53.5 Å². The molecule has 0 heterocycles. The van der Waals surface area contributed by atoms with Crippen LogP contribution in [0.3, 0.4) is 0 Å². The average molecular weight is 278 g/mol. The molecule has 0 spiro atoms. The van der Waals surface area contributed by atoms with E-state index < -0.39 is 6.10 Å². The molecule has 1 rings (SSSR count). The summed E-state index contributed by atoms with van der Waals surface area (Å²) in [4.78, 5) is 0. The van der Waals surface area contributed by atoms with Gasteiger partial charge in [0.25, 0.3) is 0 Å². The number of aliphatic hydroxyl groups is 1. The fraction of sp³-hybridized carbons (Fsp3) is 0.455. The Labute approximate surface area is 98.2 Å². The highest BCUT2D eigenvalue weighted by molar-refractivity contribution is 9.09. The molecule has 0 aliphatic carbocycles. The zero-order chi connectivity index (χ0) is 10.8. The van der Waals surface area contributed by atoms with Crippen molar-refractivity contribution in [1.82, 2.24) is 0 Å². The van der Waals surface area contributed by atoms with Gasteiger partial charge in [0, 0.05) is 15.8 Å². The molecular formula is C11H14BrClO. The van der Waals surface area contributed by atoms with Gasteiger partial charge in [-0.2, -0.15) is 0 Å². The van der Waals surface area contributed by atoms with Crippen LogP contribution < -0.4 is 0 Å². The number of hydrogen-bond donors (Lipinski definition) is 1. The first-order valence-electron chi connectivity index (χ1n) is 4.48. The van der Waals surface area contributed by atoms with E-state index in [0.29, 0.717) is 5.33 Å². The molecule has 0 aliphatic rings. The van der Waals surface area contributed by atoms with Gasteiger partial charge in [-0.3, -0.25) is 0 Å². The van der Waals surface area contributed by atoms with Crippen molar-refractivity contribution in [3.63, 3.8) is 0 Å². The first kappa shape index (κ1) is 12.0. The Hall–Kier alpha value is -0.0500. The summed E-state index contributed by atoms with van der Waals surface area (Å²) in [5.41, 5.74) is 0.836. The van der Waals surface area contributed by atoms with Gasteiger partial charge < -0.3 is 5.11 Å². The van der Waals surface area contributed by atoms with E-state index in [2.05, 4.69) is 15.9 Å².